The quantitative estimate of drug-likeness (QED) is 0.802. The SMILES string of the molecule is Cc1nsc(N)c1C(=O)OCC(=O)N1CCCC1=O. The third-order valence-electron chi connectivity index (χ3n) is 2.79. The van der Waals surface area contributed by atoms with Crippen LogP contribution >= 0.6 is 11.5 Å². The molecule has 1 aliphatic rings. The highest BCUT2D eigenvalue weighted by Gasteiger charge is 2.27. The van der Waals surface area contributed by atoms with E-state index in [4.69, 9.17) is 10.5 Å². The summed E-state index contributed by atoms with van der Waals surface area (Å²) < 4.78 is 8.80. The molecule has 0 aromatic carbocycles. The predicted octanol–water partition coefficient (Wildman–Crippen LogP) is 0.340. The van der Waals surface area contributed by atoms with Gasteiger partial charge in [0.25, 0.3) is 5.91 Å². The fourth-order valence-electron chi connectivity index (χ4n) is 1.82. The maximum Gasteiger partial charge on any atom is 0.343 e. The number of esters is 1. The minimum Gasteiger partial charge on any atom is -0.452 e. The largest absolute Gasteiger partial charge is 0.452 e. The maximum atomic E-state index is 11.8. The zero-order chi connectivity index (χ0) is 14.0. The van der Waals surface area contributed by atoms with Crippen LogP contribution in [0.4, 0.5) is 5.00 Å². The summed E-state index contributed by atoms with van der Waals surface area (Å²) in [5.74, 6) is -1.42. The molecule has 1 fully saturated rings. The van der Waals surface area contributed by atoms with Gasteiger partial charge in [-0.25, -0.2) is 4.79 Å². The van der Waals surface area contributed by atoms with E-state index in [0.717, 1.165) is 16.4 Å². The van der Waals surface area contributed by atoms with Gasteiger partial charge >= 0.3 is 5.97 Å². The van der Waals surface area contributed by atoms with Gasteiger partial charge in [0.1, 0.15) is 10.6 Å². The molecule has 2 amide bonds. The van der Waals surface area contributed by atoms with Gasteiger partial charge in [0, 0.05) is 13.0 Å². The lowest BCUT2D eigenvalue weighted by Crippen LogP contribution is -2.35. The van der Waals surface area contributed by atoms with E-state index in [2.05, 4.69) is 4.37 Å². The zero-order valence-electron chi connectivity index (χ0n) is 10.3. The van der Waals surface area contributed by atoms with Gasteiger partial charge in [-0.1, -0.05) is 0 Å². The lowest BCUT2D eigenvalue weighted by molar-refractivity contribution is -0.143. The molecule has 102 valence electrons. The fourth-order valence-corrected chi connectivity index (χ4v) is 2.47. The van der Waals surface area contributed by atoms with Gasteiger partial charge < -0.3 is 10.5 Å². The number of nitrogens with two attached hydrogens (primary N) is 1. The second kappa shape index (κ2) is 5.35. The molecule has 1 saturated heterocycles. The third kappa shape index (κ3) is 2.73. The number of hydrogen-bond acceptors (Lipinski definition) is 7. The van der Waals surface area contributed by atoms with Crippen molar-refractivity contribution in [2.45, 2.75) is 19.8 Å². The Hall–Kier alpha value is -1.96. The molecule has 8 heteroatoms. The highest BCUT2D eigenvalue weighted by molar-refractivity contribution is 7.10. The second-order valence-electron chi connectivity index (χ2n) is 4.13. The lowest BCUT2D eigenvalue weighted by Gasteiger charge is -2.13. The molecule has 0 radical (unpaired) electrons. The predicted molar refractivity (Wildman–Crippen MR) is 67.5 cm³/mol. The van der Waals surface area contributed by atoms with Crippen molar-refractivity contribution >= 4 is 34.3 Å². The van der Waals surface area contributed by atoms with Crippen molar-refractivity contribution in [1.29, 1.82) is 0 Å². The number of rotatable bonds is 3. The number of anilines is 1. The van der Waals surface area contributed by atoms with Gasteiger partial charge in [-0.3, -0.25) is 14.5 Å². The van der Waals surface area contributed by atoms with E-state index < -0.39 is 18.5 Å². The van der Waals surface area contributed by atoms with Gasteiger partial charge in [-0.15, -0.1) is 0 Å². The molecule has 7 nitrogen and oxygen atoms in total. The maximum absolute atomic E-state index is 11.8. The number of ether oxygens (including phenoxy) is 1. The van der Waals surface area contributed by atoms with E-state index in [1.54, 1.807) is 6.92 Å². The second-order valence-corrected chi connectivity index (χ2v) is 4.93. The summed E-state index contributed by atoms with van der Waals surface area (Å²) in [5, 5.41) is 0.257. The number of hydrogen-bond donors (Lipinski definition) is 1. The summed E-state index contributed by atoms with van der Waals surface area (Å²) in [4.78, 5) is 35.9. The average Bonchev–Trinajstić information content (AvgIpc) is 2.93. The number of nitrogens with zero attached hydrogens (tertiary/aromatic N) is 2. The molecule has 0 aliphatic carbocycles. The van der Waals surface area contributed by atoms with Crippen LogP contribution in [0.5, 0.6) is 0 Å². The molecule has 19 heavy (non-hydrogen) atoms. The first-order valence-electron chi connectivity index (χ1n) is 5.72. The smallest absolute Gasteiger partial charge is 0.343 e. The number of carbonyl (C=O) groups excluding carboxylic acids is 3. The van der Waals surface area contributed by atoms with Crippen LogP contribution in [0.25, 0.3) is 0 Å². The van der Waals surface area contributed by atoms with Gasteiger partial charge in [0.05, 0.1) is 5.69 Å². The monoisotopic (exact) mass is 283 g/mol. The fraction of sp³-hybridized carbons (Fsp3) is 0.455. The van der Waals surface area contributed by atoms with Crippen molar-refractivity contribution in [3.8, 4) is 0 Å². The first kappa shape index (κ1) is 13.5. The van der Waals surface area contributed by atoms with Crippen LogP contribution in [-0.2, 0) is 14.3 Å². The van der Waals surface area contributed by atoms with Crippen molar-refractivity contribution in [2.24, 2.45) is 0 Å². The molecule has 1 aromatic rings. The average molecular weight is 283 g/mol. The van der Waals surface area contributed by atoms with Crippen LogP contribution in [-0.4, -0.2) is 40.2 Å². The van der Waals surface area contributed by atoms with Crippen molar-refractivity contribution in [3.63, 3.8) is 0 Å². The van der Waals surface area contributed by atoms with E-state index in [-0.39, 0.29) is 16.5 Å². The van der Waals surface area contributed by atoms with Gasteiger partial charge in [0.2, 0.25) is 5.91 Å². The van der Waals surface area contributed by atoms with Crippen LogP contribution in [0.1, 0.15) is 28.9 Å². The van der Waals surface area contributed by atoms with Crippen molar-refractivity contribution < 1.29 is 19.1 Å². The highest BCUT2D eigenvalue weighted by Crippen LogP contribution is 2.21. The molecule has 1 aliphatic heterocycles. The first-order valence-corrected chi connectivity index (χ1v) is 6.50. The summed E-state index contributed by atoms with van der Waals surface area (Å²) in [7, 11) is 0. The summed E-state index contributed by atoms with van der Waals surface area (Å²) in [6.45, 7) is 1.56. The van der Waals surface area contributed by atoms with Crippen LogP contribution < -0.4 is 5.73 Å². The number of amides is 2. The molecule has 1 aromatic heterocycles. The highest BCUT2D eigenvalue weighted by atomic mass is 32.1. The number of aromatic nitrogens is 1. The topological polar surface area (TPSA) is 103 Å². The van der Waals surface area contributed by atoms with Crippen LogP contribution in [0.3, 0.4) is 0 Å². The minimum absolute atomic E-state index is 0.186. The zero-order valence-corrected chi connectivity index (χ0v) is 11.2. The molecule has 0 spiro atoms. The van der Waals surface area contributed by atoms with E-state index >= 15 is 0 Å². The molecular weight excluding hydrogens is 270 g/mol. The summed E-state index contributed by atoms with van der Waals surface area (Å²) in [6.07, 6.45) is 1.01. The molecule has 0 saturated carbocycles. The van der Waals surface area contributed by atoms with E-state index in [9.17, 15) is 14.4 Å². The number of aryl methyl sites for hydroxylation is 1. The van der Waals surface area contributed by atoms with Gasteiger partial charge in [0.15, 0.2) is 6.61 Å². The standard InChI is InChI=1S/C11H13N3O4S/c1-6-9(10(12)19-13-6)11(17)18-5-8(16)14-4-2-3-7(14)15/h2-5,12H2,1H3. The Bertz CT molecular complexity index is 521. The molecule has 0 atom stereocenters. The van der Waals surface area contributed by atoms with E-state index in [0.29, 0.717) is 25.1 Å². The van der Waals surface area contributed by atoms with Crippen LogP contribution in [0, 0.1) is 6.92 Å². The Morgan fingerprint density at radius 2 is 2.26 bits per heavy atom. The van der Waals surface area contributed by atoms with Crippen molar-refractivity contribution in [2.75, 3.05) is 18.9 Å². The number of carbonyl (C=O) groups is 3. The summed E-state index contributed by atoms with van der Waals surface area (Å²) in [6, 6.07) is 0. The Morgan fingerprint density at radius 3 is 2.79 bits per heavy atom. The number of nitrogen functional groups attached to an aromatic ring is 1. The van der Waals surface area contributed by atoms with Gasteiger partial charge in [-0.2, -0.15) is 4.37 Å². The Balaban J connectivity index is 1.94. The Kier molecular flexibility index (Phi) is 3.79. The first-order chi connectivity index (χ1) is 9.00. The van der Waals surface area contributed by atoms with Gasteiger partial charge in [-0.05, 0) is 24.9 Å². The van der Waals surface area contributed by atoms with Crippen molar-refractivity contribution in [1.82, 2.24) is 9.27 Å². The molecular formula is C11H13N3O4S. The summed E-state index contributed by atoms with van der Waals surface area (Å²) >= 11 is 0.997. The Labute approximate surface area is 113 Å². The summed E-state index contributed by atoms with van der Waals surface area (Å²) in [5.41, 5.74) is 6.25. The van der Waals surface area contributed by atoms with Crippen molar-refractivity contribution in [3.05, 3.63) is 11.3 Å². The van der Waals surface area contributed by atoms with E-state index in [1.165, 1.54) is 0 Å². The van der Waals surface area contributed by atoms with Crippen LogP contribution in [0.15, 0.2) is 0 Å². The van der Waals surface area contributed by atoms with Crippen LogP contribution in [0.2, 0.25) is 0 Å². The number of likely N-dealkylation sites (tertiary alicyclic amines) is 1. The molecule has 2 heterocycles. The van der Waals surface area contributed by atoms with E-state index in [1.807, 2.05) is 0 Å². The lowest BCUT2D eigenvalue weighted by atomic mass is 10.2. The Morgan fingerprint density at radius 1 is 1.53 bits per heavy atom. The minimum atomic E-state index is -0.691. The molecule has 2 N–H and O–H groups in total. The normalized spacial score (nSPS) is 14.8. The third-order valence-corrected chi connectivity index (χ3v) is 3.56. The molecule has 0 unspecified atom stereocenters. The molecule has 2 rings (SSSR count). The molecule has 0 bridgehead atoms. The number of imide groups is 1.